The first kappa shape index (κ1) is 18.9. The number of aryl methyl sites for hydroxylation is 2. The van der Waals surface area contributed by atoms with E-state index >= 15 is 0 Å². The quantitative estimate of drug-likeness (QED) is 0.251. The molecule has 7 nitrogen and oxygen atoms in total. The molecule has 0 fully saturated rings. The molecule has 1 aromatic rings. The smallest absolute Gasteiger partial charge is 0.346 e. The van der Waals surface area contributed by atoms with E-state index in [1.54, 1.807) is 6.08 Å². The number of allylic oxidation sites excluding steroid dienone is 1. The van der Waals surface area contributed by atoms with Crippen LogP contribution in [0.3, 0.4) is 0 Å². The van der Waals surface area contributed by atoms with E-state index in [0.717, 1.165) is 18.4 Å². The Morgan fingerprint density at radius 2 is 1.74 bits per heavy atom. The molecule has 1 aliphatic carbocycles. The largest absolute Gasteiger partial charge is 0.748 e. The van der Waals surface area contributed by atoms with Gasteiger partial charge in [0.1, 0.15) is 0 Å². The van der Waals surface area contributed by atoms with Gasteiger partial charge in [-0.25, -0.2) is 13.4 Å². The molecule has 0 bridgehead atoms. The van der Waals surface area contributed by atoms with Gasteiger partial charge in [-0.3, -0.25) is 16.3 Å². The van der Waals surface area contributed by atoms with Gasteiger partial charge >= 0.3 is 11.9 Å². The van der Waals surface area contributed by atoms with Gasteiger partial charge in [-0.1, -0.05) is 12.1 Å². The number of amides is 1. The van der Waals surface area contributed by atoms with Crippen LogP contribution in [0.4, 0.5) is 0 Å². The van der Waals surface area contributed by atoms with E-state index < -0.39 is 10.1 Å². The molecule has 0 atom stereocenters. The van der Waals surface area contributed by atoms with Crippen LogP contribution in [-0.2, 0) is 21.3 Å². The number of fused-ring (bicyclic) bond motifs is 1. The van der Waals surface area contributed by atoms with Gasteiger partial charge in [-0.05, 0) is 54.5 Å². The molecular weight excluding hydrogens is 318 g/mol. The maximum absolute atomic E-state index is 11.6. The summed E-state index contributed by atoms with van der Waals surface area (Å²) in [7, 11) is -3.92. The minimum Gasteiger partial charge on any atom is -0.748 e. The van der Waals surface area contributed by atoms with Crippen LogP contribution in [0.25, 0.3) is 5.57 Å². The van der Waals surface area contributed by atoms with Crippen molar-refractivity contribution in [1.82, 2.24) is 0 Å². The first-order valence-corrected chi connectivity index (χ1v) is 8.70. The fourth-order valence-corrected chi connectivity index (χ4v) is 2.50. The Hall–Kier alpha value is -2.19. The fraction of sp³-hybridized carbons (Fsp3) is 0.333. The monoisotopic (exact) mass is 339 g/mol. The van der Waals surface area contributed by atoms with Crippen LogP contribution in [0, 0.1) is 13.8 Å². The molecule has 8 heteroatoms. The van der Waals surface area contributed by atoms with Gasteiger partial charge in [0.25, 0.3) is 0 Å². The molecule has 1 aliphatic rings. The van der Waals surface area contributed by atoms with Gasteiger partial charge < -0.3 is 4.55 Å². The second-order valence-electron chi connectivity index (χ2n) is 5.37. The molecule has 5 N–H and O–H groups in total. The van der Waals surface area contributed by atoms with Crippen LogP contribution >= 0.6 is 0 Å². The van der Waals surface area contributed by atoms with Crippen LogP contribution in [0.15, 0.2) is 18.2 Å². The SMILES string of the molecule is CS(=O)(=O)[O-].Cc1ccc(C)c2c1CC/C2=C\C(=O)[NH+]=C(N)N. The fourth-order valence-electron chi connectivity index (χ4n) is 2.50. The Morgan fingerprint density at radius 3 is 2.26 bits per heavy atom. The average Bonchev–Trinajstić information content (AvgIpc) is 2.76. The highest BCUT2D eigenvalue weighted by Gasteiger charge is 2.20. The molecule has 0 aromatic heterocycles. The van der Waals surface area contributed by atoms with Gasteiger partial charge in [0.15, 0.2) is 0 Å². The topological polar surface area (TPSA) is 140 Å². The lowest BCUT2D eigenvalue weighted by atomic mass is 9.97. The van der Waals surface area contributed by atoms with Gasteiger partial charge in [0, 0.05) is 12.3 Å². The number of nitrogens with one attached hydrogen (secondary N) is 1. The second-order valence-corrected chi connectivity index (χ2v) is 6.78. The lowest BCUT2D eigenvalue weighted by Gasteiger charge is -2.07. The maximum atomic E-state index is 11.6. The highest BCUT2D eigenvalue weighted by Crippen LogP contribution is 2.36. The van der Waals surface area contributed by atoms with Crippen LogP contribution < -0.4 is 16.5 Å². The van der Waals surface area contributed by atoms with Gasteiger partial charge in [0.05, 0.1) is 10.1 Å². The number of benzene rings is 1. The predicted octanol–water partition coefficient (Wildman–Crippen LogP) is -1.32. The van der Waals surface area contributed by atoms with Crippen molar-refractivity contribution in [3.63, 3.8) is 0 Å². The van der Waals surface area contributed by atoms with Crippen molar-refractivity contribution in [3.05, 3.63) is 40.5 Å². The zero-order valence-electron chi connectivity index (χ0n) is 13.3. The van der Waals surface area contributed by atoms with Crippen molar-refractivity contribution in [1.29, 1.82) is 0 Å². The maximum Gasteiger partial charge on any atom is 0.346 e. The number of hydrogen-bond donors (Lipinski definition) is 3. The molecule has 2 rings (SSSR count). The van der Waals surface area contributed by atoms with E-state index in [1.165, 1.54) is 22.3 Å². The van der Waals surface area contributed by atoms with E-state index in [2.05, 4.69) is 31.0 Å². The Labute approximate surface area is 135 Å². The lowest BCUT2D eigenvalue weighted by Crippen LogP contribution is -2.81. The third kappa shape index (κ3) is 6.21. The summed E-state index contributed by atoms with van der Waals surface area (Å²) in [5, 5.41) is 0. The molecule has 0 radical (unpaired) electrons. The number of nitrogens with two attached hydrogens (primary N) is 2. The molecule has 0 heterocycles. The van der Waals surface area contributed by atoms with Crippen molar-refractivity contribution in [3.8, 4) is 0 Å². The molecule has 0 saturated heterocycles. The molecule has 23 heavy (non-hydrogen) atoms. The van der Waals surface area contributed by atoms with Crippen molar-refractivity contribution in [2.24, 2.45) is 11.5 Å². The summed E-state index contributed by atoms with van der Waals surface area (Å²) in [5.74, 6) is -0.338. The number of guanidine groups is 1. The number of carbonyl (C=O) groups is 1. The van der Waals surface area contributed by atoms with E-state index in [-0.39, 0.29) is 11.9 Å². The number of carbonyl (C=O) groups excluding carboxylic acids is 1. The van der Waals surface area contributed by atoms with E-state index in [4.69, 9.17) is 24.4 Å². The summed E-state index contributed by atoms with van der Waals surface area (Å²) in [4.78, 5) is 14.0. The van der Waals surface area contributed by atoms with Crippen LogP contribution in [0.5, 0.6) is 0 Å². The minimum atomic E-state index is -3.92. The zero-order chi connectivity index (χ0) is 17.8. The third-order valence-corrected chi connectivity index (χ3v) is 3.29. The zero-order valence-corrected chi connectivity index (χ0v) is 14.2. The summed E-state index contributed by atoms with van der Waals surface area (Å²) < 4.78 is 27.2. The number of hydrogen-bond acceptors (Lipinski definition) is 4. The Balaban J connectivity index is 0.000000463. The lowest BCUT2D eigenvalue weighted by molar-refractivity contribution is -0.372. The van der Waals surface area contributed by atoms with Crippen molar-refractivity contribution >= 4 is 27.6 Å². The molecule has 126 valence electrons. The Kier molecular flexibility index (Phi) is 6.05. The standard InChI is InChI=1S/C14H17N3O.CH4O3S/c1-8-3-4-9(2)13-10(5-6-11(8)13)7-12(18)17-14(15)16;1-5(2,3)4/h3-4,7H,5-6H2,1-2H3,(H4,15,16,17,18);1H3,(H,2,3,4)/b10-7+;. The first-order valence-electron chi connectivity index (χ1n) is 6.88. The van der Waals surface area contributed by atoms with Crippen molar-refractivity contribution in [2.45, 2.75) is 26.7 Å². The predicted molar refractivity (Wildman–Crippen MR) is 87.2 cm³/mol. The van der Waals surface area contributed by atoms with E-state index in [0.29, 0.717) is 6.26 Å². The molecular formula is C15H21N3O4S. The second kappa shape index (κ2) is 7.38. The van der Waals surface area contributed by atoms with Crippen molar-refractivity contribution < 1.29 is 22.8 Å². The Morgan fingerprint density at radius 1 is 1.22 bits per heavy atom. The average molecular weight is 339 g/mol. The molecule has 1 aromatic carbocycles. The highest BCUT2D eigenvalue weighted by atomic mass is 32.2. The highest BCUT2D eigenvalue weighted by molar-refractivity contribution is 7.84. The summed E-state index contributed by atoms with van der Waals surface area (Å²) in [5.41, 5.74) is 16.6. The molecule has 0 spiro atoms. The van der Waals surface area contributed by atoms with E-state index in [1.807, 2.05) is 0 Å². The molecule has 0 saturated carbocycles. The van der Waals surface area contributed by atoms with Gasteiger partial charge in [-0.2, -0.15) is 0 Å². The summed E-state index contributed by atoms with van der Waals surface area (Å²) in [6.45, 7) is 4.17. The molecule has 1 amide bonds. The molecule has 0 aliphatic heterocycles. The summed E-state index contributed by atoms with van der Waals surface area (Å²) >= 11 is 0. The third-order valence-electron chi connectivity index (χ3n) is 3.29. The number of rotatable bonds is 1. The van der Waals surface area contributed by atoms with Crippen LogP contribution in [-0.4, -0.2) is 31.1 Å². The normalized spacial score (nSPS) is 14.7. The Bertz CT molecular complexity index is 768. The first-order chi connectivity index (χ1) is 10.5. The van der Waals surface area contributed by atoms with Gasteiger partial charge in [-0.15, -0.1) is 0 Å². The molecule has 0 unspecified atom stereocenters. The van der Waals surface area contributed by atoms with Gasteiger partial charge in [0.2, 0.25) is 0 Å². The van der Waals surface area contributed by atoms with E-state index in [9.17, 15) is 4.79 Å². The summed E-state index contributed by atoms with van der Waals surface area (Å²) in [6.07, 6.45) is 4.08. The summed E-state index contributed by atoms with van der Waals surface area (Å²) in [6, 6.07) is 4.22. The van der Waals surface area contributed by atoms with Crippen LogP contribution in [0.1, 0.15) is 28.7 Å². The minimum absolute atomic E-state index is 0.0731. The van der Waals surface area contributed by atoms with Crippen LogP contribution in [0.2, 0.25) is 0 Å². The van der Waals surface area contributed by atoms with Crippen molar-refractivity contribution in [2.75, 3.05) is 6.26 Å².